The number of rotatable bonds is 3. The van der Waals surface area contributed by atoms with E-state index in [1.807, 2.05) is 0 Å². The molecule has 1 aliphatic heterocycles. The first-order valence-corrected chi connectivity index (χ1v) is 8.32. The normalized spacial score (nSPS) is 23.3. The molecule has 0 saturated carbocycles. The molecule has 1 aromatic carbocycles. The number of hydrogen-bond donors (Lipinski definition) is 1. The lowest BCUT2D eigenvalue weighted by Gasteiger charge is -2.41. The van der Waals surface area contributed by atoms with Crippen LogP contribution in [0, 0.1) is 0 Å². The Morgan fingerprint density at radius 2 is 1.86 bits per heavy atom. The summed E-state index contributed by atoms with van der Waals surface area (Å²) in [4.78, 5) is 14.8. The van der Waals surface area contributed by atoms with Crippen LogP contribution in [0.15, 0.2) is 24.3 Å². The fourth-order valence-corrected chi connectivity index (χ4v) is 3.04. The van der Waals surface area contributed by atoms with Crippen molar-refractivity contribution in [2.24, 2.45) is 0 Å². The van der Waals surface area contributed by atoms with E-state index >= 15 is 0 Å². The quantitative estimate of drug-likeness (QED) is 0.927. The molecule has 0 bridgehead atoms. The van der Waals surface area contributed by atoms with Gasteiger partial charge in [0.2, 0.25) is 5.91 Å². The third-order valence-electron chi connectivity index (χ3n) is 5.01. The molecule has 0 spiro atoms. The second-order valence-electron chi connectivity index (χ2n) is 7.78. The van der Waals surface area contributed by atoms with Gasteiger partial charge in [0.25, 0.3) is 0 Å². The van der Waals surface area contributed by atoms with Gasteiger partial charge in [-0.1, -0.05) is 45.0 Å². The maximum atomic E-state index is 12.6. The van der Waals surface area contributed by atoms with E-state index in [1.165, 1.54) is 12.0 Å². The van der Waals surface area contributed by atoms with Gasteiger partial charge in [-0.15, -0.1) is 0 Å². The largest absolute Gasteiger partial charge is 0.350 e. The number of benzene rings is 1. The Morgan fingerprint density at radius 3 is 2.41 bits per heavy atom. The number of carbonyl (C=O) groups excluding carboxylic acids is 1. The van der Waals surface area contributed by atoms with Gasteiger partial charge in [-0.05, 0) is 56.3 Å². The fourth-order valence-electron chi connectivity index (χ4n) is 3.04. The highest BCUT2D eigenvalue weighted by atomic mass is 16.2. The maximum Gasteiger partial charge on any atom is 0.240 e. The van der Waals surface area contributed by atoms with Crippen molar-refractivity contribution < 1.29 is 4.79 Å². The standard InChI is InChI=1S/C19H30N2O/c1-18(2,3)16-10-8-15(9-11-16)14-20-17(22)19(4)12-6-7-13-21(19)5/h8-11H,6-7,12-14H2,1-5H3,(H,20,22). The lowest BCUT2D eigenvalue weighted by Crippen LogP contribution is -2.57. The van der Waals surface area contributed by atoms with Crippen LogP contribution in [-0.4, -0.2) is 29.9 Å². The molecule has 1 N–H and O–H groups in total. The Morgan fingerprint density at radius 1 is 1.23 bits per heavy atom. The smallest absolute Gasteiger partial charge is 0.240 e. The molecule has 1 unspecified atom stereocenters. The van der Waals surface area contributed by atoms with Crippen molar-refractivity contribution in [3.63, 3.8) is 0 Å². The number of amides is 1. The van der Waals surface area contributed by atoms with Crippen LogP contribution in [-0.2, 0) is 16.8 Å². The van der Waals surface area contributed by atoms with Crippen LogP contribution in [0.4, 0.5) is 0 Å². The summed E-state index contributed by atoms with van der Waals surface area (Å²) in [6.07, 6.45) is 3.26. The van der Waals surface area contributed by atoms with Crippen molar-refractivity contribution in [2.75, 3.05) is 13.6 Å². The van der Waals surface area contributed by atoms with Crippen molar-refractivity contribution in [1.29, 1.82) is 0 Å². The van der Waals surface area contributed by atoms with E-state index < -0.39 is 0 Å². The van der Waals surface area contributed by atoms with Gasteiger partial charge in [-0.3, -0.25) is 9.69 Å². The zero-order valence-electron chi connectivity index (χ0n) is 14.7. The molecule has 0 radical (unpaired) electrons. The van der Waals surface area contributed by atoms with Crippen molar-refractivity contribution in [3.8, 4) is 0 Å². The lowest BCUT2D eigenvalue weighted by atomic mass is 9.86. The van der Waals surface area contributed by atoms with Crippen LogP contribution in [0.1, 0.15) is 58.1 Å². The molecule has 1 heterocycles. The van der Waals surface area contributed by atoms with Gasteiger partial charge in [-0.25, -0.2) is 0 Å². The molecule has 3 heteroatoms. The van der Waals surface area contributed by atoms with Crippen LogP contribution in [0.2, 0.25) is 0 Å². The van der Waals surface area contributed by atoms with Gasteiger partial charge in [0.1, 0.15) is 0 Å². The van der Waals surface area contributed by atoms with Crippen LogP contribution >= 0.6 is 0 Å². The van der Waals surface area contributed by atoms with Gasteiger partial charge in [0.15, 0.2) is 0 Å². The van der Waals surface area contributed by atoms with E-state index in [9.17, 15) is 4.79 Å². The molecule has 0 aromatic heterocycles. The highest BCUT2D eigenvalue weighted by Crippen LogP contribution is 2.27. The zero-order valence-corrected chi connectivity index (χ0v) is 14.7. The lowest BCUT2D eigenvalue weighted by molar-refractivity contribution is -0.133. The van der Waals surface area contributed by atoms with Crippen molar-refractivity contribution in [1.82, 2.24) is 10.2 Å². The molecule has 22 heavy (non-hydrogen) atoms. The first kappa shape index (κ1) is 17.0. The molecule has 1 amide bonds. The van der Waals surface area contributed by atoms with E-state index in [0.717, 1.165) is 24.9 Å². The zero-order chi connectivity index (χ0) is 16.4. The van der Waals surface area contributed by atoms with Crippen LogP contribution in [0.3, 0.4) is 0 Å². The maximum absolute atomic E-state index is 12.6. The summed E-state index contributed by atoms with van der Waals surface area (Å²) in [5.41, 5.74) is 2.29. The highest BCUT2D eigenvalue weighted by Gasteiger charge is 2.38. The SMILES string of the molecule is CN1CCCCC1(C)C(=O)NCc1ccc(C(C)(C)C)cc1. The van der Waals surface area contributed by atoms with Gasteiger partial charge < -0.3 is 5.32 Å². The van der Waals surface area contributed by atoms with Gasteiger partial charge in [0, 0.05) is 6.54 Å². The summed E-state index contributed by atoms with van der Waals surface area (Å²) in [5.74, 6) is 0.148. The van der Waals surface area contributed by atoms with Gasteiger partial charge >= 0.3 is 0 Å². The monoisotopic (exact) mass is 302 g/mol. The minimum absolute atomic E-state index is 0.148. The Bertz CT molecular complexity index is 515. The molecule has 1 fully saturated rings. The molecule has 3 nitrogen and oxygen atoms in total. The molecule has 1 atom stereocenters. The molecule has 1 saturated heterocycles. The molecule has 122 valence electrons. The second-order valence-corrected chi connectivity index (χ2v) is 7.78. The van der Waals surface area contributed by atoms with E-state index in [4.69, 9.17) is 0 Å². The Kier molecular flexibility index (Phi) is 4.96. The fraction of sp³-hybridized carbons (Fsp3) is 0.632. The number of nitrogens with one attached hydrogen (secondary N) is 1. The number of likely N-dealkylation sites (N-methyl/N-ethyl adjacent to an activating group) is 1. The number of likely N-dealkylation sites (tertiary alicyclic amines) is 1. The first-order chi connectivity index (χ1) is 10.2. The van der Waals surface area contributed by atoms with Gasteiger partial charge in [0.05, 0.1) is 5.54 Å². The van der Waals surface area contributed by atoms with Crippen molar-refractivity contribution in [3.05, 3.63) is 35.4 Å². The van der Waals surface area contributed by atoms with Gasteiger partial charge in [-0.2, -0.15) is 0 Å². The average molecular weight is 302 g/mol. The number of carbonyl (C=O) groups is 1. The highest BCUT2D eigenvalue weighted by molar-refractivity contribution is 5.85. The Hall–Kier alpha value is -1.35. The number of hydrogen-bond acceptors (Lipinski definition) is 2. The summed E-state index contributed by atoms with van der Waals surface area (Å²) in [6, 6.07) is 8.56. The van der Waals surface area contributed by atoms with Crippen molar-refractivity contribution >= 4 is 5.91 Å². The molecular formula is C19H30N2O. The van der Waals surface area contributed by atoms with E-state index in [-0.39, 0.29) is 16.9 Å². The second kappa shape index (κ2) is 6.41. The predicted octanol–water partition coefficient (Wildman–Crippen LogP) is 3.47. The minimum Gasteiger partial charge on any atom is -0.350 e. The van der Waals surface area contributed by atoms with E-state index in [1.54, 1.807) is 0 Å². The van der Waals surface area contributed by atoms with E-state index in [2.05, 4.69) is 69.2 Å². The molecule has 2 rings (SSSR count). The Balaban J connectivity index is 1.96. The predicted molar refractivity (Wildman–Crippen MR) is 91.9 cm³/mol. The van der Waals surface area contributed by atoms with E-state index in [0.29, 0.717) is 6.54 Å². The summed E-state index contributed by atoms with van der Waals surface area (Å²) in [7, 11) is 2.05. The third-order valence-corrected chi connectivity index (χ3v) is 5.01. The summed E-state index contributed by atoms with van der Waals surface area (Å²) in [6.45, 7) is 10.3. The molecule has 1 aliphatic rings. The van der Waals surface area contributed by atoms with Crippen LogP contribution in [0.25, 0.3) is 0 Å². The molecular weight excluding hydrogens is 272 g/mol. The average Bonchev–Trinajstić information content (AvgIpc) is 2.47. The minimum atomic E-state index is -0.358. The van der Waals surface area contributed by atoms with Crippen molar-refractivity contribution in [2.45, 2.75) is 64.5 Å². The van der Waals surface area contributed by atoms with Crippen LogP contribution in [0.5, 0.6) is 0 Å². The summed E-state index contributed by atoms with van der Waals surface area (Å²) in [5, 5.41) is 3.12. The summed E-state index contributed by atoms with van der Waals surface area (Å²) >= 11 is 0. The molecule has 0 aliphatic carbocycles. The number of piperidine rings is 1. The topological polar surface area (TPSA) is 32.3 Å². The number of nitrogens with zero attached hydrogens (tertiary/aromatic N) is 1. The molecule has 1 aromatic rings. The summed E-state index contributed by atoms with van der Waals surface area (Å²) < 4.78 is 0. The first-order valence-electron chi connectivity index (χ1n) is 8.32. The Labute approximate surface area is 135 Å². The third kappa shape index (κ3) is 3.70. The van der Waals surface area contributed by atoms with Crippen LogP contribution < -0.4 is 5.32 Å².